The number of alkyl halides is 1. The van der Waals surface area contributed by atoms with E-state index in [0.29, 0.717) is 6.61 Å². The minimum absolute atomic E-state index is 0.363. The van der Waals surface area contributed by atoms with Crippen LogP contribution < -0.4 is 9.47 Å². The summed E-state index contributed by atoms with van der Waals surface area (Å²) in [6.45, 7) is 6.71. The van der Waals surface area contributed by atoms with Crippen LogP contribution in [0.15, 0.2) is 12.1 Å². The van der Waals surface area contributed by atoms with E-state index in [9.17, 15) is 0 Å². The van der Waals surface area contributed by atoms with Crippen LogP contribution in [-0.2, 0) is 0 Å². The fourth-order valence-corrected chi connectivity index (χ4v) is 1.91. The molecule has 1 aromatic carbocycles. The summed E-state index contributed by atoms with van der Waals surface area (Å²) in [7, 11) is 0. The topological polar surface area (TPSA) is 18.5 Å². The van der Waals surface area contributed by atoms with Crippen molar-refractivity contribution < 1.29 is 9.47 Å². The standard InChI is InChI=1S/C12H15BrO2/c1-4-12(13)7-14-10-8(2)5-6-9(3)11(10)15-12/h5-6H,4,7H2,1-3H3/t12-/m1/s1. The molecule has 2 rings (SSSR count). The summed E-state index contributed by atoms with van der Waals surface area (Å²) < 4.78 is 11.4. The highest BCUT2D eigenvalue weighted by Crippen LogP contribution is 2.43. The summed E-state index contributed by atoms with van der Waals surface area (Å²) in [6, 6.07) is 4.12. The Morgan fingerprint density at radius 1 is 1.27 bits per heavy atom. The zero-order valence-corrected chi connectivity index (χ0v) is 10.8. The molecule has 1 aromatic rings. The SMILES string of the molecule is CC[C@]1(Br)COc2c(C)ccc(C)c2O1. The van der Waals surface area contributed by atoms with Crippen molar-refractivity contribution >= 4 is 15.9 Å². The number of rotatable bonds is 1. The van der Waals surface area contributed by atoms with Crippen LogP contribution in [-0.4, -0.2) is 11.1 Å². The summed E-state index contributed by atoms with van der Waals surface area (Å²) >= 11 is 3.58. The Morgan fingerprint density at radius 2 is 1.87 bits per heavy atom. The molecule has 0 fully saturated rings. The molecule has 0 radical (unpaired) electrons. The number of ether oxygens (including phenoxy) is 2. The van der Waals surface area contributed by atoms with Gasteiger partial charge in [0.1, 0.15) is 6.61 Å². The average molecular weight is 271 g/mol. The minimum Gasteiger partial charge on any atom is -0.484 e. The highest BCUT2D eigenvalue weighted by Gasteiger charge is 2.34. The highest BCUT2D eigenvalue weighted by molar-refractivity contribution is 9.10. The first-order valence-corrected chi connectivity index (χ1v) is 5.96. The van der Waals surface area contributed by atoms with Gasteiger partial charge in [0, 0.05) is 0 Å². The Labute approximate surface area is 98.7 Å². The molecule has 15 heavy (non-hydrogen) atoms. The minimum atomic E-state index is -0.363. The van der Waals surface area contributed by atoms with Gasteiger partial charge in [-0.05, 0) is 47.3 Å². The first kappa shape index (κ1) is 10.8. The van der Waals surface area contributed by atoms with Gasteiger partial charge < -0.3 is 9.47 Å². The number of benzene rings is 1. The van der Waals surface area contributed by atoms with E-state index in [1.54, 1.807) is 0 Å². The van der Waals surface area contributed by atoms with Gasteiger partial charge in [-0.3, -0.25) is 0 Å². The summed E-state index contributed by atoms with van der Waals surface area (Å²) in [6.07, 6.45) is 0.875. The lowest BCUT2D eigenvalue weighted by Crippen LogP contribution is -2.38. The molecule has 0 bridgehead atoms. The molecule has 1 heterocycles. The summed E-state index contributed by atoms with van der Waals surface area (Å²) in [4.78, 5) is 0. The third kappa shape index (κ3) is 1.85. The predicted molar refractivity (Wildman–Crippen MR) is 64.0 cm³/mol. The fraction of sp³-hybridized carbons (Fsp3) is 0.500. The van der Waals surface area contributed by atoms with E-state index in [1.807, 2.05) is 13.8 Å². The molecule has 82 valence electrons. The third-order valence-electron chi connectivity index (χ3n) is 2.75. The van der Waals surface area contributed by atoms with Crippen LogP contribution in [0.25, 0.3) is 0 Å². The molecule has 3 heteroatoms. The van der Waals surface area contributed by atoms with Crippen molar-refractivity contribution in [1.82, 2.24) is 0 Å². The molecule has 1 aliphatic heterocycles. The van der Waals surface area contributed by atoms with Gasteiger partial charge in [-0.2, -0.15) is 0 Å². The summed E-state index contributed by atoms with van der Waals surface area (Å²) in [5, 5.41) is 0. The van der Waals surface area contributed by atoms with E-state index in [1.165, 1.54) is 0 Å². The molecule has 0 spiro atoms. The Hall–Kier alpha value is -0.700. The first-order valence-electron chi connectivity index (χ1n) is 5.16. The second-order valence-corrected chi connectivity index (χ2v) is 5.43. The van der Waals surface area contributed by atoms with E-state index in [2.05, 4.69) is 35.0 Å². The molecular weight excluding hydrogens is 256 g/mol. The zero-order chi connectivity index (χ0) is 11.1. The number of hydrogen-bond donors (Lipinski definition) is 0. The largest absolute Gasteiger partial charge is 0.484 e. The van der Waals surface area contributed by atoms with Crippen LogP contribution in [0.3, 0.4) is 0 Å². The molecular formula is C12H15BrO2. The Morgan fingerprint density at radius 3 is 2.47 bits per heavy atom. The Kier molecular flexibility index (Phi) is 2.67. The smallest absolute Gasteiger partial charge is 0.196 e. The molecule has 0 saturated carbocycles. The second-order valence-electron chi connectivity index (χ2n) is 3.98. The molecule has 0 N–H and O–H groups in total. The molecule has 1 aliphatic rings. The average Bonchev–Trinajstić information content (AvgIpc) is 2.24. The monoisotopic (exact) mass is 270 g/mol. The number of aryl methyl sites for hydroxylation is 2. The Bertz CT molecular complexity index is 389. The highest BCUT2D eigenvalue weighted by atomic mass is 79.9. The number of hydrogen-bond acceptors (Lipinski definition) is 2. The van der Waals surface area contributed by atoms with Crippen LogP contribution in [0.2, 0.25) is 0 Å². The quantitative estimate of drug-likeness (QED) is 0.727. The van der Waals surface area contributed by atoms with Crippen molar-refractivity contribution in [2.75, 3.05) is 6.61 Å². The lowest BCUT2D eigenvalue weighted by Gasteiger charge is -2.34. The maximum atomic E-state index is 5.97. The van der Waals surface area contributed by atoms with Gasteiger partial charge in [0.25, 0.3) is 0 Å². The molecule has 0 aliphatic carbocycles. The van der Waals surface area contributed by atoms with Crippen LogP contribution in [0, 0.1) is 13.8 Å². The van der Waals surface area contributed by atoms with Crippen LogP contribution in [0.4, 0.5) is 0 Å². The lowest BCUT2D eigenvalue weighted by atomic mass is 10.1. The molecule has 2 nitrogen and oxygen atoms in total. The van der Waals surface area contributed by atoms with E-state index in [-0.39, 0.29) is 4.51 Å². The molecule has 1 atom stereocenters. The molecule has 0 unspecified atom stereocenters. The van der Waals surface area contributed by atoms with Gasteiger partial charge in [0.2, 0.25) is 0 Å². The van der Waals surface area contributed by atoms with Crippen LogP contribution in [0.5, 0.6) is 11.5 Å². The molecule has 0 amide bonds. The third-order valence-corrected chi connectivity index (χ3v) is 3.70. The number of halogens is 1. The van der Waals surface area contributed by atoms with Crippen molar-refractivity contribution in [2.45, 2.75) is 31.7 Å². The summed E-state index contributed by atoms with van der Waals surface area (Å²) in [5.41, 5.74) is 2.24. The van der Waals surface area contributed by atoms with E-state index < -0.39 is 0 Å². The van der Waals surface area contributed by atoms with Gasteiger partial charge in [0.15, 0.2) is 16.0 Å². The van der Waals surface area contributed by atoms with Crippen molar-refractivity contribution in [1.29, 1.82) is 0 Å². The molecule has 0 saturated heterocycles. The predicted octanol–water partition coefficient (Wildman–Crippen LogP) is 3.58. The van der Waals surface area contributed by atoms with Gasteiger partial charge >= 0.3 is 0 Å². The van der Waals surface area contributed by atoms with E-state index in [0.717, 1.165) is 29.0 Å². The zero-order valence-electron chi connectivity index (χ0n) is 9.26. The van der Waals surface area contributed by atoms with Crippen molar-refractivity contribution in [3.8, 4) is 11.5 Å². The van der Waals surface area contributed by atoms with Gasteiger partial charge in [-0.25, -0.2) is 0 Å². The Balaban J connectivity index is 2.45. The van der Waals surface area contributed by atoms with Gasteiger partial charge in [0.05, 0.1) is 0 Å². The molecule has 0 aromatic heterocycles. The van der Waals surface area contributed by atoms with Crippen LogP contribution in [0.1, 0.15) is 24.5 Å². The fourth-order valence-electron chi connectivity index (χ4n) is 1.63. The number of fused-ring (bicyclic) bond motifs is 1. The van der Waals surface area contributed by atoms with E-state index >= 15 is 0 Å². The van der Waals surface area contributed by atoms with Crippen LogP contribution >= 0.6 is 15.9 Å². The summed E-state index contributed by atoms with van der Waals surface area (Å²) in [5.74, 6) is 1.76. The normalized spacial score (nSPS) is 24.0. The van der Waals surface area contributed by atoms with Crippen molar-refractivity contribution in [2.24, 2.45) is 0 Å². The van der Waals surface area contributed by atoms with Gasteiger partial charge in [-0.1, -0.05) is 19.1 Å². The van der Waals surface area contributed by atoms with Crippen molar-refractivity contribution in [3.05, 3.63) is 23.3 Å². The van der Waals surface area contributed by atoms with E-state index in [4.69, 9.17) is 9.47 Å². The maximum Gasteiger partial charge on any atom is 0.196 e. The van der Waals surface area contributed by atoms with Gasteiger partial charge in [-0.15, -0.1) is 0 Å². The second kappa shape index (κ2) is 3.71. The maximum absolute atomic E-state index is 5.97. The van der Waals surface area contributed by atoms with Crippen molar-refractivity contribution in [3.63, 3.8) is 0 Å². The first-order chi connectivity index (χ1) is 7.06. The lowest BCUT2D eigenvalue weighted by molar-refractivity contribution is 0.0653.